The number of esters is 1. The normalized spacial score (nSPS) is 14.6. The number of rotatable bonds is 12. The number of ether oxygens (including phenoxy) is 1. The summed E-state index contributed by atoms with van der Waals surface area (Å²) in [6.07, 6.45) is 0.831. The number of amides is 4. The van der Waals surface area contributed by atoms with Crippen LogP contribution in [-0.4, -0.2) is 76.0 Å². The Morgan fingerprint density at radius 2 is 1.60 bits per heavy atom. The minimum atomic E-state index is -4.55. The van der Waals surface area contributed by atoms with Crippen molar-refractivity contribution in [3.8, 4) is 5.82 Å². The molecule has 4 aromatic rings. The van der Waals surface area contributed by atoms with E-state index >= 15 is 8.78 Å². The lowest BCUT2D eigenvalue weighted by Gasteiger charge is -2.22. The Bertz CT molecular complexity index is 2480. The van der Waals surface area contributed by atoms with E-state index in [1.54, 1.807) is 47.6 Å². The smallest absolute Gasteiger partial charge is 0.336 e. The van der Waals surface area contributed by atoms with Crippen LogP contribution < -0.4 is 26.2 Å². The number of anilines is 2. The lowest BCUT2D eigenvalue weighted by atomic mass is 10.1. The molecule has 16 nitrogen and oxygen atoms in total. The fraction of sp³-hybridized carbons (Fsp3) is 0.342. The van der Waals surface area contributed by atoms with Gasteiger partial charge >= 0.3 is 17.7 Å². The molecule has 5 rings (SSSR count). The molecule has 0 spiro atoms. The van der Waals surface area contributed by atoms with Gasteiger partial charge in [-0.2, -0.15) is 0 Å². The molecule has 0 bridgehead atoms. The Labute approximate surface area is 326 Å². The quantitative estimate of drug-likeness (QED) is 0.158. The first kappa shape index (κ1) is 41.9. The van der Waals surface area contributed by atoms with Crippen LogP contribution in [0.3, 0.4) is 0 Å². The van der Waals surface area contributed by atoms with Crippen LogP contribution in [0.25, 0.3) is 5.82 Å². The number of nitrogens with one attached hydrogen (secondary N) is 2. The van der Waals surface area contributed by atoms with Gasteiger partial charge in [-0.15, -0.1) is 0 Å². The number of likely N-dealkylation sites (N-methyl/N-ethyl adjacent to an activating group) is 1. The van der Waals surface area contributed by atoms with Gasteiger partial charge in [0.15, 0.2) is 0 Å². The number of nitrogens with zero attached hydrogens (tertiary/aromatic N) is 5. The second-order valence-electron chi connectivity index (χ2n) is 14.2. The maximum absolute atomic E-state index is 15.4. The number of hydrogen-bond donors (Lipinski definition) is 2. The molecule has 1 atom stereocenters. The number of benzene rings is 2. The summed E-state index contributed by atoms with van der Waals surface area (Å²) in [4.78, 5) is 83.4. The van der Waals surface area contributed by atoms with Crippen molar-refractivity contribution >= 4 is 45.2 Å². The fourth-order valence-corrected chi connectivity index (χ4v) is 6.92. The van der Waals surface area contributed by atoms with Crippen LogP contribution in [0.4, 0.5) is 25.0 Å². The highest BCUT2D eigenvalue weighted by Gasteiger charge is 2.50. The van der Waals surface area contributed by atoms with E-state index in [9.17, 15) is 37.2 Å². The summed E-state index contributed by atoms with van der Waals surface area (Å²) in [7, 11) is -1.56. The van der Waals surface area contributed by atoms with Crippen LogP contribution in [0, 0.1) is 25.5 Å². The van der Waals surface area contributed by atoms with Gasteiger partial charge in [-0.05, 0) is 96.3 Å². The Hall–Kier alpha value is -6.24. The third-order valence-corrected chi connectivity index (χ3v) is 11.1. The number of sulfonamides is 1. The number of aromatic nitrogens is 3. The number of pyridine rings is 1. The van der Waals surface area contributed by atoms with Gasteiger partial charge in [-0.1, -0.05) is 6.07 Å². The Morgan fingerprint density at radius 3 is 2.16 bits per heavy atom. The number of carbonyl (C=O) groups excluding carboxylic acids is 4. The van der Waals surface area contributed by atoms with E-state index in [0.29, 0.717) is 29.0 Å². The first-order valence-corrected chi connectivity index (χ1v) is 19.0. The van der Waals surface area contributed by atoms with Crippen molar-refractivity contribution in [2.75, 3.05) is 16.7 Å². The van der Waals surface area contributed by atoms with Crippen molar-refractivity contribution < 1.29 is 41.1 Å². The van der Waals surface area contributed by atoms with Crippen LogP contribution in [0.15, 0.2) is 69.2 Å². The molecule has 2 N–H and O–H groups in total. The van der Waals surface area contributed by atoms with E-state index in [0.717, 1.165) is 21.6 Å². The molecule has 0 aliphatic carbocycles. The summed E-state index contributed by atoms with van der Waals surface area (Å²) in [6, 6.07) is 6.60. The van der Waals surface area contributed by atoms with E-state index in [1.165, 1.54) is 48.0 Å². The van der Waals surface area contributed by atoms with Gasteiger partial charge in [0.25, 0.3) is 27.4 Å². The zero-order valence-electron chi connectivity index (χ0n) is 32.3. The number of hydrogen-bond acceptors (Lipinski definition) is 10. The number of aryl methyl sites for hydroxylation is 1. The molecule has 0 saturated carbocycles. The molecule has 19 heteroatoms. The molecule has 3 heterocycles. The Kier molecular flexibility index (Phi) is 11.6. The van der Waals surface area contributed by atoms with Crippen molar-refractivity contribution in [2.45, 2.75) is 77.0 Å². The molecule has 4 amide bonds. The molecule has 2 aromatic carbocycles. The third-order valence-electron chi connectivity index (χ3n) is 9.74. The molecule has 2 aromatic heterocycles. The van der Waals surface area contributed by atoms with Crippen LogP contribution in [0.2, 0.25) is 0 Å². The zero-order valence-corrected chi connectivity index (χ0v) is 33.2. The first-order chi connectivity index (χ1) is 26.6. The third kappa shape index (κ3) is 8.18. The van der Waals surface area contributed by atoms with Gasteiger partial charge in [0.1, 0.15) is 29.0 Å². The van der Waals surface area contributed by atoms with Gasteiger partial charge in [-0.3, -0.25) is 19.1 Å². The first-order valence-electron chi connectivity index (χ1n) is 17.6. The predicted molar refractivity (Wildman–Crippen MR) is 204 cm³/mol. The lowest BCUT2D eigenvalue weighted by Crippen LogP contribution is -2.43. The Balaban J connectivity index is 1.30. The van der Waals surface area contributed by atoms with Crippen molar-refractivity contribution in [2.24, 2.45) is 7.05 Å². The summed E-state index contributed by atoms with van der Waals surface area (Å²) in [5, 5.41) is 2.36. The summed E-state index contributed by atoms with van der Waals surface area (Å²) in [6.45, 7) is 9.52. The standard InChI is InChI=1S/C38H41F2N7O9S/c1-20(2)56-34(50)29(15-9-23-10-16-31(41-19-23)47-33(49)21(3)22(4)44(7)36(47)52)42-32(48)26-17-28(40)30(18-27(26)39)43-57(54,55)25-13-11-24(12-14-25)46-35(51)38(5,6)45(8)37(46)53/h10-14,16-20,29,43H,9,15H2,1-8H3,(H,42,48)/t29-/m0/s1. The van der Waals surface area contributed by atoms with Gasteiger partial charge in [0, 0.05) is 37.6 Å². The minimum Gasteiger partial charge on any atom is -0.461 e. The van der Waals surface area contributed by atoms with Crippen molar-refractivity contribution in [1.82, 2.24) is 24.3 Å². The molecule has 1 aliphatic rings. The van der Waals surface area contributed by atoms with E-state index in [4.69, 9.17) is 4.74 Å². The van der Waals surface area contributed by atoms with Crippen molar-refractivity contribution in [3.63, 3.8) is 0 Å². The lowest BCUT2D eigenvalue weighted by molar-refractivity contribution is -0.149. The topological polar surface area (TPSA) is 199 Å². The van der Waals surface area contributed by atoms with Crippen LogP contribution >= 0.6 is 0 Å². The summed E-state index contributed by atoms with van der Waals surface area (Å²) in [5.41, 5.74) is -2.38. The van der Waals surface area contributed by atoms with Crippen molar-refractivity contribution in [3.05, 3.63) is 110 Å². The van der Waals surface area contributed by atoms with Gasteiger partial charge < -0.3 is 19.5 Å². The minimum absolute atomic E-state index is 0.0722. The molecular formula is C38H41F2N7O9S. The Morgan fingerprint density at radius 1 is 0.947 bits per heavy atom. The van der Waals surface area contributed by atoms with Gasteiger partial charge in [-0.25, -0.2) is 46.0 Å². The zero-order chi connectivity index (χ0) is 42.3. The van der Waals surface area contributed by atoms with E-state index in [-0.39, 0.29) is 24.3 Å². The van der Waals surface area contributed by atoms with Crippen LogP contribution in [0.5, 0.6) is 0 Å². The number of carbonyl (C=O) groups is 4. The van der Waals surface area contributed by atoms with Crippen LogP contribution in [0.1, 0.15) is 61.3 Å². The van der Waals surface area contributed by atoms with E-state index in [1.807, 2.05) is 4.72 Å². The van der Waals surface area contributed by atoms with Gasteiger partial charge in [0.05, 0.1) is 27.9 Å². The fourth-order valence-electron chi connectivity index (χ4n) is 5.86. The maximum Gasteiger partial charge on any atom is 0.336 e. The predicted octanol–water partition coefficient (Wildman–Crippen LogP) is 3.49. The molecule has 302 valence electrons. The summed E-state index contributed by atoms with van der Waals surface area (Å²) >= 11 is 0. The molecule has 0 radical (unpaired) electrons. The highest BCUT2D eigenvalue weighted by molar-refractivity contribution is 7.92. The molecule has 1 aliphatic heterocycles. The molecular weight excluding hydrogens is 769 g/mol. The van der Waals surface area contributed by atoms with Crippen molar-refractivity contribution in [1.29, 1.82) is 0 Å². The van der Waals surface area contributed by atoms with E-state index in [2.05, 4.69) is 10.3 Å². The molecule has 1 fully saturated rings. The SMILES string of the molecule is Cc1c(C)n(C)c(=O)n(-c2ccc(CC[C@H](NC(=O)c3cc(F)c(NS(=O)(=O)c4ccc(N5C(=O)N(C)C(C)(C)C5=O)cc4)cc3F)C(=O)OC(C)C)cn2)c1=O. The highest BCUT2D eigenvalue weighted by atomic mass is 32.2. The second-order valence-corrected chi connectivity index (χ2v) is 15.9. The number of urea groups is 1. The summed E-state index contributed by atoms with van der Waals surface area (Å²) in [5.74, 6) is -5.14. The van der Waals surface area contributed by atoms with E-state index < -0.39 is 90.6 Å². The average Bonchev–Trinajstić information content (AvgIpc) is 3.30. The monoisotopic (exact) mass is 809 g/mol. The van der Waals surface area contributed by atoms with Gasteiger partial charge in [0.2, 0.25) is 0 Å². The maximum atomic E-state index is 15.4. The molecule has 0 unspecified atom stereocenters. The molecule has 1 saturated heterocycles. The second kappa shape index (κ2) is 15.7. The number of halogens is 2. The number of imide groups is 1. The highest BCUT2D eigenvalue weighted by Crippen LogP contribution is 2.32. The van der Waals surface area contributed by atoms with Crippen LogP contribution in [-0.2, 0) is 37.8 Å². The largest absolute Gasteiger partial charge is 0.461 e. The summed E-state index contributed by atoms with van der Waals surface area (Å²) < 4.78 is 66.4. The average molecular weight is 810 g/mol. The molecule has 57 heavy (non-hydrogen) atoms.